The number of halogens is 2. The van der Waals surface area contributed by atoms with E-state index in [9.17, 15) is 17.6 Å². The van der Waals surface area contributed by atoms with Crippen LogP contribution in [0.5, 0.6) is 0 Å². The Labute approximate surface area is 132 Å². The Balaban J connectivity index is 2.10. The van der Waals surface area contributed by atoms with Crippen LogP contribution in [0, 0.1) is 5.82 Å². The van der Waals surface area contributed by atoms with Crippen molar-refractivity contribution in [3.8, 4) is 0 Å². The number of nitrogens with one attached hydrogen (secondary N) is 1. The maximum atomic E-state index is 13.6. The van der Waals surface area contributed by atoms with Crippen molar-refractivity contribution in [2.24, 2.45) is 0 Å². The van der Waals surface area contributed by atoms with E-state index >= 15 is 0 Å². The normalized spacial score (nSPS) is 11.2. The Morgan fingerprint density at radius 3 is 2.36 bits per heavy atom. The fourth-order valence-electron chi connectivity index (χ4n) is 1.85. The Morgan fingerprint density at radius 1 is 1.18 bits per heavy atom. The summed E-state index contributed by atoms with van der Waals surface area (Å²) in [6.45, 7) is 0. The van der Waals surface area contributed by atoms with Gasteiger partial charge in [-0.05, 0) is 36.4 Å². The summed E-state index contributed by atoms with van der Waals surface area (Å²) in [5.74, 6) is -0.992. The lowest BCUT2D eigenvalue weighted by Crippen LogP contribution is -2.15. The molecule has 0 spiro atoms. The van der Waals surface area contributed by atoms with E-state index in [4.69, 9.17) is 11.6 Å². The topological polar surface area (TPSA) is 63.2 Å². The zero-order valence-electron chi connectivity index (χ0n) is 11.6. The van der Waals surface area contributed by atoms with Gasteiger partial charge in [0.2, 0.25) is 5.91 Å². The van der Waals surface area contributed by atoms with Gasteiger partial charge in [-0.2, -0.15) is 0 Å². The van der Waals surface area contributed by atoms with Crippen LogP contribution in [0.4, 0.5) is 10.1 Å². The van der Waals surface area contributed by atoms with E-state index in [1.807, 2.05) is 0 Å². The molecule has 0 fully saturated rings. The lowest BCUT2D eigenvalue weighted by molar-refractivity contribution is -0.115. The summed E-state index contributed by atoms with van der Waals surface area (Å²) in [5.41, 5.74) is 0.541. The number of hydrogen-bond acceptors (Lipinski definition) is 3. The van der Waals surface area contributed by atoms with Crippen LogP contribution in [0.2, 0.25) is 5.02 Å². The molecule has 0 saturated heterocycles. The zero-order chi connectivity index (χ0) is 16.3. The fraction of sp³-hybridized carbons (Fsp3) is 0.133. The monoisotopic (exact) mass is 341 g/mol. The van der Waals surface area contributed by atoms with Gasteiger partial charge in [-0.1, -0.05) is 17.7 Å². The molecule has 2 aromatic rings. The predicted molar refractivity (Wildman–Crippen MR) is 83.3 cm³/mol. The third-order valence-corrected chi connectivity index (χ3v) is 4.45. The van der Waals surface area contributed by atoms with Crippen molar-refractivity contribution in [2.45, 2.75) is 11.3 Å². The third kappa shape index (κ3) is 4.05. The largest absolute Gasteiger partial charge is 0.326 e. The highest BCUT2D eigenvalue weighted by Gasteiger charge is 2.12. The smallest absolute Gasteiger partial charge is 0.228 e. The Kier molecular flexibility index (Phi) is 4.83. The Morgan fingerprint density at radius 2 is 1.82 bits per heavy atom. The second-order valence-corrected chi connectivity index (χ2v) is 7.14. The maximum absolute atomic E-state index is 13.6. The van der Waals surface area contributed by atoms with Gasteiger partial charge < -0.3 is 5.32 Å². The number of anilines is 1. The third-order valence-electron chi connectivity index (χ3n) is 2.97. The van der Waals surface area contributed by atoms with E-state index in [1.54, 1.807) is 0 Å². The number of carbonyl (C=O) groups is 1. The average molecular weight is 342 g/mol. The minimum absolute atomic E-state index is 0.120. The van der Waals surface area contributed by atoms with Crippen LogP contribution in [0.25, 0.3) is 0 Å². The van der Waals surface area contributed by atoms with Crippen LogP contribution in [-0.4, -0.2) is 20.6 Å². The molecule has 22 heavy (non-hydrogen) atoms. The molecule has 4 nitrogen and oxygen atoms in total. The second-order valence-electron chi connectivity index (χ2n) is 4.72. The molecule has 2 aromatic carbocycles. The number of carbonyl (C=O) groups excluding carboxylic acids is 1. The molecule has 0 aliphatic heterocycles. The molecule has 7 heteroatoms. The summed E-state index contributed by atoms with van der Waals surface area (Å²) in [4.78, 5) is 12.1. The van der Waals surface area contributed by atoms with E-state index in [0.717, 1.165) is 6.26 Å². The minimum atomic E-state index is -3.29. The van der Waals surface area contributed by atoms with Crippen molar-refractivity contribution in [1.82, 2.24) is 0 Å². The molecule has 1 amide bonds. The maximum Gasteiger partial charge on any atom is 0.228 e. The molecule has 0 heterocycles. The van der Waals surface area contributed by atoms with Crippen LogP contribution in [0.3, 0.4) is 0 Å². The predicted octanol–water partition coefficient (Wildman–Crippen LogP) is 3.06. The SMILES string of the molecule is CS(=O)(=O)c1ccc(NC(=O)Cc2c(F)cccc2Cl)cc1. The first kappa shape index (κ1) is 16.5. The van der Waals surface area contributed by atoms with E-state index in [0.29, 0.717) is 5.69 Å². The summed E-state index contributed by atoms with van der Waals surface area (Å²) < 4.78 is 36.3. The molecular formula is C15H13ClFNO3S. The van der Waals surface area contributed by atoms with Gasteiger partial charge >= 0.3 is 0 Å². The van der Waals surface area contributed by atoms with Crippen molar-refractivity contribution in [3.05, 3.63) is 58.9 Å². The lowest BCUT2D eigenvalue weighted by atomic mass is 10.1. The van der Waals surface area contributed by atoms with Crippen LogP contribution < -0.4 is 5.32 Å². The highest BCUT2D eigenvalue weighted by molar-refractivity contribution is 7.90. The molecule has 0 aromatic heterocycles. The van der Waals surface area contributed by atoms with E-state index in [1.165, 1.54) is 42.5 Å². The molecule has 0 atom stereocenters. The molecule has 0 saturated carbocycles. The second kappa shape index (κ2) is 6.46. The summed E-state index contributed by atoms with van der Waals surface area (Å²) in [6.07, 6.45) is 0.889. The van der Waals surface area contributed by atoms with Crippen LogP contribution >= 0.6 is 11.6 Å². The average Bonchev–Trinajstić information content (AvgIpc) is 2.43. The van der Waals surface area contributed by atoms with Crippen molar-refractivity contribution < 1.29 is 17.6 Å². The van der Waals surface area contributed by atoms with Crippen molar-refractivity contribution >= 4 is 33.0 Å². The first-order chi connectivity index (χ1) is 10.3. The molecule has 0 unspecified atom stereocenters. The highest BCUT2D eigenvalue weighted by atomic mass is 35.5. The lowest BCUT2D eigenvalue weighted by Gasteiger charge is -2.08. The standard InChI is InChI=1S/C15H13ClFNO3S/c1-22(20,21)11-7-5-10(6-8-11)18-15(19)9-12-13(16)3-2-4-14(12)17/h2-8H,9H2,1H3,(H,18,19). The quantitative estimate of drug-likeness (QED) is 0.929. The summed E-state index contributed by atoms with van der Waals surface area (Å²) in [6, 6.07) is 9.92. The molecule has 1 N–H and O–H groups in total. The van der Waals surface area contributed by atoms with Gasteiger partial charge in [0.25, 0.3) is 0 Å². The molecule has 0 radical (unpaired) electrons. The number of amides is 1. The highest BCUT2D eigenvalue weighted by Crippen LogP contribution is 2.20. The van der Waals surface area contributed by atoms with Gasteiger partial charge in [0, 0.05) is 22.5 Å². The van der Waals surface area contributed by atoms with E-state index in [2.05, 4.69) is 5.32 Å². The van der Waals surface area contributed by atoms with Crippen LogP contribution in [0.1, 0.15) is 5.56 Å². The van der Waals surface area contributed by atoms with Crippen molar-refractivity contribution in [3.63, 3.8) is 0 Å². The van der Waals surface area contributed by atoms with Gasteiger partial charge in [-0.3, -0.25) is 4.79 Å². The van der Waals surface area contributed by atoms with Crippen molar-refractivity contribution in [2.75, 3.05) is 11.6 Å². The molecular weight excluding hydrogens is 329 g/mol. The van der Waals surface area contributed by atoms with Gasteiger partial charge in [-0.25, -0.2) is 12.8 Å². The van der Waals surface area contributed by atoms with Gasteiger partial charge in [0.15, 0.2) is 9.84 Å². The summed E-state index contributed by atoms with van der Waals surface area (Å²) in [7, 11) is -3.29. The van der Waals surface area contributed by atoms with Gasteiger partial charge in [-0.15, -0.1) is 0 Å². The first-order valence-electron chi connectivity index (χ1n) is 6.30. The minimum Gasteiger partial charge on any atom is -0.326 e. The molecule has 116 valence electrons. The van der Waals surface area contributed by atoms with Gasteiger partial charge in [0.05, 0.1) is 11.3 Å². The zero-order valence-corrected chi connectivity index (χ0v) is 13.2. The number of sulfone groups is 1. The van der Waals surface area contributed by atoms with Crippen LogP contribution in [-0.2, 0) is 21.1 Å². The summed E-state index contributed by atoms with van der Waals surface area (Å²) >= 11 is 5.86. The number of hydrogen-bond donors (Lipinski definition) is 1. The first-order valence-corrected chi connectivity index (χ1v) is 8.57. The Hall–Kier alpha value is -1.92. The molecule has 0 aliphatic rings. The molecule has 0 aliphatic carbocycles. The Bertz CT molecular complexity index is 784. The van der Waals surface area contributed by atoms with Crippen LogP contribution in [0.15, 0.2) is 47.4 Å². The van der Waals surface area contributed by atoms with Crippen molar-refractivity contribution in [1.29, 1.82) is 0 Å². The molecule has 0 bridgehead atoms. The van der Waals surface area contributed by atoms with E-state index in [-0.39, 0.29) is 21.9 Å². The fourth-order valence-corrected chi connectivity index (χ4v) is 2.71. The number of rotatable bonds is 4. The summed E-state index contributed by atoms with van der Waals surface area (Å²) in [5, 5.41) is 2.75. The number of benzene rings is 2. The molecule has 2 rings (SSSR count). The van der Waals surface area contributed by atoms with E-state index < -0.39 is 21.6 Å². The van der Waals surface area contributed by atoms with Gasteiger partial charge in [0.1, 0.15) is 5.82 Å².